The van der Waals surface area contributed by atoms with Crippen molar-refractivity contribution in [2.45, 2.75) is 25.9 Å². The molecule has 0 aliphatic heterocycles. The minimum Gasteiger partial charge on any atom is -0.392 e. The van der Waals surface area contributed by atoms with Crippen LogP contribution in [0, 0.1) is 17.2 Å². The van der Waals surface area contributed by atoms with Gasteiger partial charge in [-0.15, -0.1) is 0 Å². The first kappa shape index (κ1) is 21.2. The molecule has 0 saturated heterocycles. The van der Waals surface area contributed by atoms with Gasteiger partial charge < -0.3 is 20.6 Å². The molecular formula is C21H24N6O3. The van der Waals surface area contributed by atoms with E-state index >= 15 is 0 Å². The number of aromatic nitrogens is 2. The Hall–Kier alpha value is -3.51. The molecule has 2 aromatic rings. The van der Waals surface area contributed by atoms with Crippen LogP contribution in [0.2, 0.25) is 0 Å². The van der Waals surface area contributed by atoms with Crippen molar-refractivity contribution in [2.24, 2.45) is 5.92 Å². The Bertz CT molecular complexity index is 964. The fraction of sp³-hybridized carbons (Fsp3) is 0.381. The number of hydrogen-bond acceptors (Lipinski definition) is 7. The van der Waals surface area contributed by atoms with Gasteiger partial charge in [0.1, 0.15) is 6.07 Å². The van der Waals surface area contributed by atoms with Gasteiger partial charge in [0, 0.05) is 25.1 Å². The topological polar surface area (TPSA) is 131 Å². The largest absolute Gasteiger partial charge is 0.392 e. The van der Waals surface area contributed by atoms with Crippen molar-refractivity contribution in [3.05, 3.63) is 36.2 Å². The SMILES string of the molecule is CC(O)CN(C)C(=O)CNc1cc(-c2cnc(NC(=O)C3CC3)cn2)ccc1C#N. The van der Waals surface area contributed by atoms with E-state index in [0.29, 0.717) is 28.3 Å². The molecule has 1 aromatic heterocycles. The molecule has 2 amide bonds. The number of amides is 2. The molecule has 0 radical (unpaired) electrons. The van der Waals surface area contributed by atoms with E-state index in [1.807, 2.05) is 0 Å². The molecule has 1 heterocycles. The minimum absolute atomic E-state index is 0.0147. The van der Waals surface area contributed by atoms with E-state index in [-0.39, 0.29) is 30.8 Å². The van der Waals surface area contributed by atoms with Gasteiger partial charge in [-0.25, -0.2) is 4.98 Å². The lowest BCUT2D eigenvalue weighted by Crippen LogP contribution is -2.36. The van der Waals surface area contributed by atoms with Gasteiger partial charge >= 0.3 is 0 Å². The summed E-state index contributed by atoms with van der Waals surface area (Å²) in [5.74, 6) is 0.239. The lowest BCUT2D eigenvalue weighted by molar-refractivity contribution is -0.129. The maximum Gasteiger partial charge on any atom is 0.241 e. The van der Waals surface area contributed by atoms with Crippen LogP contribution in [-0.4, -0.2) is 58.0 Å². The van der Waals surface area contributed by atoms with Crippen LogP contribution in [0.5, 0.6) is 0 Å². The molecule has 0 spiro atoms. The summed E-state index contributed by atoms with van der Waals surface area (Å²) in [6.45, 7) is 1.82. The van der Waals surface area contributed by atoms with Crippen molar-refractivity contribution < 1.29 is 14.7 Å². The molecule has 9 heteroatoms. The summed E-state index contributed by atoms with van der Waals surface area (Å²) in [6, 6.07) is 7.22. The van der Waals surface area contributed by atoms with Crippen molar-refractivity contribution in [1.29, 1.82) is 5.26 Å². The summed E-state index contributed by atoms with van der Waals surface area (Å²) >= 11 is 0. The van der Waals surface area contributed by atoms with E-state index in [4.69, 9.17) is 0 Å². The van der Waals surface area contributed by atoms with E-state index in [1.165, 1.54) is 11.1 Å². The van der Waals surface area contributed by atoms with Crippen molar-refractivity contribution >= 4 is 23.3 Å². The zero-order chi connectivity index (χ0) is 21.7. The second kappa shape index (κ2) is 9.33. The van der Waals surface area contributed by atoms with E-state index < -0.39 is 6.10 Å². The van der Waals surface area contributed by atoms with Crippen LogP contribution in [0.1, 0.15) is 25.3 Å². The van der Waals surface area contributed by atoms with Crippen molar-refractivity contribution in [3.8, 4) is 17.3 Å². The first-order valence-corrected chi connectivity index (χ1v) is 9.70. The quantitative estimate of drug-likeness (QED) is 0.605. The standard InChI is InChI=1S/C21H24N6O3/c1-13(28)12-27(2)20(29)11-24-17-7-15(5-6-16(17)8-22)18-9-25-19(10-23-18)26-21(30)14-3-4-14/h5-7,9-10,13-14,24,28H,3-4,11-12H2,1-2H3,(H,25,26,30). The fourth-order valence-electron chi connectivity index (χ4n) is 2.87. The average molecular weight is 408 g/mol. The van der Waals surface area contributed by atoms with E-state index in [0.717, 1.165) is 12.8 Å². The van der Waals surface area contributed by atoms with Crippen LogP contribution in [0.3, 0.4) is 0 Å². The number of rotatable bonds is 8. The highest BCUT2D eigenvalue weighted by Gasteiger charge is 2.29. The predicted molar refractivity (Wildman–Crippen MR) is 111 cm³/mol. The van der Waals surface area contributed by atoms with Gasteiger partial charge in [0.25, 0.3) is 0 Å². The Morgan fingerprint density at radius 2 is 2.10 bits per heavy atom. The Balaban J connectivity index is 1.70. The number of benzene rings is 1. The van der Waals surface area contributed by atoms with E-state index in [1.54, 1.807) is 38.4 Å². The fourth-order valence-corrected chi connectivity index (χ4v) is 2.87. The third kappa shape index (κ3) is 5.52. The van der Waals surface area contributed by atoms with Crippen LogP contribution in [0.15, 0.2) is 30.6 Å². The number of nitrogens with zero attached hydrogens (tertiary/aromatic N) is 4. The van der Waals surface area contributed by atoms with Gasteiger partial charge in [-0.2, -0.15) is 5.26 Å². The summed E-state index contributed by atoms with van der Waals surface area (Å²) in [6.07, 6.45) is 4.25. The molecule has 1 saturated carbocycles. The van der Waals surface area contributed by atoms with Gasteiger partial charge in [-0.3, -0.25) is 14.6 Å². The summed E-state index contributed by atoms with van der Waals surface area (Å²) in [5, 5.41) is 24.5. The molecule has 1 fully saturated rings. The highest BCUT2D eigenvalue weighted by molar-refractivity contribution is 5.93. The molecule has 1 unspecified atom stereocenters. The summed E-state index contributed by atoms with van der Waals surface area (Å²) in [7, 11) is 1.61. The number of nitriles is 1. The Morgan fingerprint density at radius 3 is 2.70 bits per heavy atom. The van der Waals surface area contributed by atoms with Gasteiger partial charge in [-0.05, 0) is 31.9 Å². The first-order valence-electron chi connectivity index (χ1n) is 9.70. The lowest BCUT2D eigenvalue weighted by atomic mass is 10.1. The number of aliphatic hydroxyl groups is 1. The normalized spacial score (nSPS) is 13.8. The third-order valence-corrected chi connectivity index (χ3v) is 4.68. The smallest absolute Gasteiger partial charge is 0.241 e. The van der Waals surface area contributed by atoms with E-state index in [2.05, 4.69) is 26.7 Å². The van der Waals surface area contributed by atoms with Gasteiger partial charge in [0.05, 0.1) is 42.0 Å². The number of nitrogens with one attached hydrogen (secondary N) is 2. The highest BCUT2D eigenvalue weighted by atomic mass is 16.3. The molecule has 1 atom stereocenters. The average Bonchev–Trinajstić information content (AvgIpc) is 3.57. The van der Waals surface area contributed by atoms with Crippen molar-refractivity contribution in [2.75, 3.05) is 30.8 Å². The number of aliphatic hydroxyl groups excluding tert-OH is 1. The summed E-state index contributed by atoms with van der Waals surface area (Å²) in [4.78, 5) is 34.0. The zero-order valence-corrected chi connectivity index (χ0v) is 16.9. The molecule has 9 nitrogen and oxygen atoms in total. The number of likely N-dealkylation sites (N-methyl/N-ethyl adjacent to an activating group) is 1. The number of carbonyl (C=O) groups is 2. The summed E-state index contributed by atoms with van der Waals surface area (Å²) in [5.41, 5.74) is 2.19. The Morgan fingerprint density at radius 1 is 1.33 bits per heavy atom. The van der Waals surface area contributed by atoms with Crippen LogP contribution < -0.4 is 10.6 Å². The number of carbonyl (C=O) groups excluding carboxylic acids is 2. The molecule has 0 bridgehead atoms. The second-order valence-corrected chi connectivity index (χ2v) is 7.40. The van der Waals surface area contributed by atoms with E-state index in [9.17, 15) is 20.0 Å². The maximum atomic E-state index is 12.2. The number of anilines is 2. The first-order chi connectivity index (χ1) is 14.4. The van der Waals surface area contributed by atoms with Gasteiger partial charge in [-0.1, -0.05) is 6.07 Å². The molecular weight excluding hydrogens is 384 g/mol. The molecule has 156 valence electrons. The van der Waals surface area contributed by atoms with Crippen LogP contribution in [0.4, 0.5) is 11.5 Å². The number of hydrogen-bond donors (Lipinski definition) is 3. The second-order valence-electron chi connectivity index (χ2n) is 7.40. The monoisotopic (exact) mass is 408 g/mol. The van der Waals surface area contributed by atoms with Crippen molar-refractivity contribution in [1.82, 2.24) is 14.9 Å². The van der Waals surface area contributed by atoms with Gasteiger partial charge in [0.15, 0.2) is 5.82 Å². The molecule has 1 aromatic carbocycles. The molecule has 30 heavy (non-hydrogen) atoms. The molecule has 1 aliphatic rings. The molecule has 1 aliphatic carbocycles. The lowest BCUT2D eigenvalue weighted by Gasteiger charge is -2.19. The Kier molecular flexibility index (Phi) is 6.59. The third-order valence-electron chi connectivity index (χ3n) is 4.68. The van der Waals surface area contributed by atoms with Crippen LogP contribution >= 0.6 is 0 Å². The van der Waals surface area contributed by atoms with Crippen molar-refractivity contribution in [3.63, 3.8) is 0 Å². The minimum atomic E-state index is -0.618. The maximum absolute atomic E-state index is 12.2. The van der Waals surface area contributed by atoms with Crippen LogP contribution in [-0.2, 0) is 9.59 Å². The Labute approximate surface area is 174 Å². The molecule has 3 rings (SSSR count). The highest BCUT2D eigenvalue weighted by Crippen LogP contribution is 2.30. The molecule has 3 N–H and O–H groups in total. The predicted octanol–water partition coefficient (Wildman–Crippen LogP) is 1.61. The van der Waals surface area contributed by atoms with Gasteiger partial charge in [0.2, 0.25) is 11.8 Å². The summed E-state index contributed by atoms with van der Waals surface area (Å²) < 4.78 is 0. The van der Waals surface area contributed by atoms with Crippen LogP contribution in [0.25, 0.3) is 11.3 Å². The zero-order valence-electron chi connectivity index (χ0n) is 16.9.